The van der Waals surface area contributed by atoms with Crippen LogP contribution in [0.5, 0.6) is 0 Å². The van der Waals surface area contributed by atoms with Gasteiger partial charge in [-0.2, -0.15) is 4.98 Å². The molecule has 0 saturated heterocycles. The van der Waals surface area contributed by atoms with Crippen molar-refractivity contribution in [1.82, 2.24) is 9.97 Å². The van der Waals surface area contributed by atoms with Crippen molar-refractivity contribution in [2.75, 3.05) is 23.8 Å². The van der Waals surface area contributed by atoms with Gasteiger partial charge in [0, 0.05) is 11.4 Å². The van der Waals surface area contributed by atoms with Crippen LogP contribution < -0.4 is 10.6 Å². The molecular weight excluding hydrogens is 272 g/mol. The number of aliphatic hydroxyl groups excluding tert-OH is 1. The Hall–Kier alpha value is -1.40. The van der Waals surface area contributed by atoms with E-state index in [1.54, 1.807) is 11.3 Å². The summed E-state index contributed by atoms with van der Waals surface area (Å²) in [5.41, 5.74) is -0.418. The lowest BCUT2D eigenvalue weighted by Crippen LogP contribution is -2.35. The van der Waals surface area contributed by atoms with E-state index >= 15 is 0 Å². The van der Waals surface area contributed by atoms with Gasteiger partial charge in [-0.05, 0) is 33.3 Å². The smallest absolute Gasteiger partial charge is 0.226 e. The fraction of sp³-hybridized carbons (Fsp3) is 0.571. The zero-order valence-electron chi connectivity index (χ0n) is 12.4. The van der Waals surface area contributed by atoms with E-state index in [0.717, 1.165) is 29.0 Å². The number of hydrogen-bond donors (Lipinski definition) is 3. The topological polar surface area (TPSA) is 70.1 Å². The fourth-order valence-corrected chi connectivity index (χ4v) is 2.69. The molecule has 110 valence electrons. The van der Waals surface area contributed by atoms with Crippen molar-refractivity contribution < 1.29 is 5.11 Å². The van der Waals surface area contributed by atoms with Gasteiger partial charge in [-0.3, -0.25) is 0 Å². The summed E-state index contributed by atoms with van der Waals surface area (Å²) >= 11 is 1.65. The van der Waals surface area contributed by atoms with Crippen molar-refractivity contribution in [3.8, 4) is 0 Å². The van der Waals surface area contributed by atoms with Crippen LogP contribution in [0.15, 0.2) is 6.07 Å². The molecule has 0 aliphatic heterocycles. The standard InChI is InChI=1S/C14H22N4OS/c1-5-6-15-13-16-11(18-14(3,4)8-19)10-7-9(2)20-12(10)17-13/h7,19H,5-6,8H2,1-4H3,(H2,15,16,17,18). The van der Waals surface area contributed by atoms with Crippen LogP contribution >= 0.6 is 11.3 Å². The maximum absolute atomic E-state index is 9.42. The van der Waals surface area contributed by atoms with Gasteiger partial charge in [-0.15, -0.1) is 11.3 Å². The van der Waals surface area contributed by atoms with Crippen LogP contribution in [0.4, 0.5) is 11.8 Å². The molecule has 2 aromatic heterocycles. The third-order valence-electron chi connectivity index (χ3n) is 2.90. The Labute approximate surface area is 123 Å². The molecule has 2 aromatic rings. The maximum Gasteiger partial charge on any atom is 0.226 e. The van der Waals surface area contributed by atoms with E-state index in [1.807, 2.05) is 13.8 Å². The third kappa shape index (κ3) is 3.37. The normalized spacial score (nSPS) is 11.8. The quantitative estimate of drug-likeness (QED) is 0.764. The van der Waals surface area contributed by atoms with Crippen LogP contribution in [0.25, 0.3) is 10.2 Å². The molecule has 0 spiro atoms. The number of aryl methyl sites for hydroxylation is 1. The van der Waals surface area contributed by atoms with Crippen LogP contribution in [0.3, 0.4) is 0 Å². The van der Waals surface area contributed by atoms with Gasteiger partial charge < -0.3 is 15.7 Å². The van der Waals surface area contributed by atoms with Gasteiger partial charge in [-0.1, -0.05) is 6.92 Å². The number of fused-ring (bicyclic) bond motifs is 1. The number of anilines is 2. The first kappa shape index (κ1) is 15.0. The molecule has 0 fully saturated rings. The van der Waals surface area contributed by atoms with Gasteiger partial charge in [0.05, 0.1) is 17.5 Å². The molecule has 0 amide bonds. The van der Waals surface area contributed by atoms with Gasteiger partial charge in [0.15, 0.2) is 0 Å². The average Bonchev–Trinajstić information content (AvgIpc) is 2.77. The van der Waals surface area contributed by atoms with Gasteiger partial charge in [0.1, 0.15) is 10.6 Å². The second-order valence-corrected chi connectivity index (χ2v) is 6.80. The lowest BCUT2D eigenvalue weighted by molar-refractivity contribution is 0.234. The zero-order chi connectivity index (χ0) is 14.8. The zero-order valence-corrected chi connectivity index (χ0v) is 13.3. The SMILES string of the molecule is CCCNc1nc(NC(C)(C)CO)c2cc(C)sc2n1. The Kier molecular flexibility index (Phi) is 4.45. The van der Waals surface area contributed by atoms with E-state index in [0.29, 0.717) is 5.95 Å². The van der Waals surface area contributed by atoms with E-state index in [-0.39, 0.29) is 6.61 Å². The van der Waals surface area contributed by atoms with Crippen molar-refractivity contribution in [3.05, 3.63) is 10.9 Å². The van der Waals surface area contributed by atoms with E-state index < -0.39 is 5.54 Å². The fourth-order valence-electron chi connectivity index (χ4n) is 1.81. The minimum absolute atomic E-state index is 0.0410. The summed E-state index contributed by atoms with van der Waals surface area (Å²) in [6.45, 7) is 8.94. The molecule has 0 aromatic carbocycles. The molecule has 0 unspecified atom stereocenters. The molecule has 0 bridgehead atoms. The second-order valence-electron chi connectivity index (χ2n) is 5.57. The van der Waals surface area contributed by atoms with Crippen molar-refractivity contribution in [2.24, 2.45) is 0 Å². The number of nitrogens with one attached hydrogen (secondary N) is 2. The van der Waals surface area contributed by atoms with Crippen molar-refractivity contribution >= 4 is 33.3 Å². The molecule has 0 aliphatic rings. The number of aromatic nitrogens is 2. The molecule has 0 radical (unpaired) electrons. The number of hydrogen-bond acceptors (Lipinski definition) is 6. The van der Waals surface area contributed by atoms with E-state index in [2.05, 4.69) is 40.5 Å². The highest BCUT2D eigenvalue weighted by Gasteiger charge is 2.19. The first-order valence-corrected chi connectivity index (χ1v) is 7.68. The number of rotatable bonds is 6. The highest BCUT2D eigenvalue weighted by atomic mass is 32.1. The highest BCUT2D eigenvalue weighted by molar-refractivity contribution is 7.18. The molecule has 0 saturated carbocycles. The monoisotopic (exact) mass is 294 g/mol. The van der Waals surface area contributed by atoms with E-state index in [9.17, 15) is 5.11 Å². The average molecular weight is 294 g/mol. The van der Waals surface area contributed by atoms with Gasteiger partial charge >= 0.3 is 0 Å². The molecule has 2 heterocycles. The number of thiophene rings is 1. The Bertz CT molecular complexity index is 594. The molecule has 20 heavy (non-hydrogen) atoms. The number of aliphatic hydroxyl groups is 1. The van der Waals surface area contributed by atoms with Crippen LogP contribution in [0.2, 0.25) is 0 Å². The lowest BCUT2D eigenvalue weighted by atomic mass is 10.1. The molecule has 2 rings (SSSR count). The number of nitrogens with zero attached hydrogens (tertiary/aromatic N) is 2. The molecule has 6 heteroatoms. The molecule has 0 aliphatic carbocycles. The Morgan fingerprint density at radius 3 is 2.75 bits per heavy atom. The summed E-state index contributed by atoms with van der Waals surface area (Å²) in [5.74, 6) is 1.41. The minimum atomic E-state index is -0.418. The summed E-state index contributed by atoms with van der Waals surface area (Å²) in [4.78, 5) is 11.3. The Morgan fingerprint density at radius 2 is 2.10 bits per heavy atom. The maximum atomic E-state index is 9.42. The molecule has 5 nitrogen and oxygen atoms in total. The molecular formula is C14H22N4OS. The van der Waals surface area contributed by atoms with Crippen molar-refractivity contribution in [2.45, 2.75) is 39.7 Å². The van der Waals surface area contributed by atoms with Gasteiger partial charge in [0.2, 0.25) is 5.95 Å². The highest BCUT2D eigenvalue weighted by Crippen LogP contribution is 2.30. The first-order valence-electron chi connectivity index (χ1n) is 6.86. The third-order valence-corrected chi connectivity index (χ3v) is 3.85. The van der Waals surface area contributed by atoms with Crippen LogP contribution in [-0.2, 0) is 0 Å². The molecule has 0 atom stereocenters. The van der Waals surface area contributed by atoms with Crippen LogP contribution in [0, 0.1) is 6.92 Å². The predicted octanol–water partition coefficient (Wildman–Crippen LogP) is 3.00. The lowest BCUT2D eigenvalue weighted by Gasteiger charge is -2.24. The Morgan fingerprint density at radius 1 is 1.35 bits per heavy atom. The first-order chi connectivity index (χ1) is 9.45. The van der Waals surface area contributed by atoms with Crippen LogP contribution in [-0.4, -0.2) is 33.8 Å². The van der Waals surface area contributed by atoms with E-state index in [1.165, 1.54) is 4.88 Å². The Balaban J connectivity index is 2.43. The summed E-state index contributed by atoms with van der Waals surface area (Å²) in [6.07, 6.45) is 1.02. The summed E-state index contributed by atoms with van der Waals surface area (Å²) in [5, 5.41) is 17.0. The van der Waals surface area contributed by atoms with Crippen molar-refractivity contribution in [1.29, 1.82) is 0 Å². The summed E-state index contributed by atoms with van der Waals surface area (Å²) in [7, 11) is 0. The van der Waals surface area contributed by atoms with E-state index in [4.69, 9.17) is 0 Å². The molecule has 3 N–H and O–H groups in total. The van der Waals surface area contributed by atoms with Gasteiger partial charge in [-0.25, -0.2) is 4.98 Å². The van der Waals surface area contributed by atoms with Crippen molar-refractivity contribution in [3.63, 3.8) is 0 Å². The minimum Gasteiger partial charge on any atom is -0.394 e. The largest absolute Gasteiger partial charge is 0.394 e. The summed E-state index contributed by atoms with van der Waals surface area (Å²) in [6, 6.07) is 2.08. The predicted molar refractivity (Wildman–Crippen MR) is 85.7 cm³/mol. The second kappa shape index (κ2) is 5.93. The van der Waals surface area contributed by atoms with Gasteiger partial charge in [0.25, 0.3) is 0 Å². The van der Waals surface area contributed by atoms with Crippen LogP contribution in [0.1, 0.15) is 32.1 Å². The summed E-state index contributed by atoms with van der Waals surface area (Å²) < 4.78 is 0.